The first kappa shape index (κ1) is 13.2. The topological polar surface area (TPSA) is 9.23 Å². The number of allylic oxidation sites excluding steroid dienone is 1. The zero-order valence-corrected chi connectivity index (χ0v) is 11.4. The Labute approximate surface area is 111 Å². The molecule has 0 atom stereocenters. The van der Waals surface area contributed by atoms with Gasteiger partial charge in [0, 0.05) is 0 Å². The largest absolute Gasteiger partial charge is 0.493 e. The first-order valence-corrected chi connectivity index (χ1v) is 7.27. The lowest BCUT2D eigenvalue weighted by Crippen LogP contribution is -1.96. The molecule has 0 aromatic heterocycles. The number of ether oxygens (including phenoxy) is 1. The Hall–Kier alpha value is -1.24. The van der Waals surface area contributed by atoms with Gasteiger partial charge in [-0.05, 0) is 49.3 Å². The Bertz CT molecular complexity index is 375. The van der Waals surface area contributed by atoms with Gasteiger partial charge in [0.2, 0.25) is 0 Å². The van der Waals surface area contributed by atoms with Crippen LogP contribution in [0.15, 0.2) is 36.4 Å². The maximum Gasteiger partial charge on any atom is 0.119 e. The summed E-state index contributed by atoms with van der Waals surface area (Å²) in [6.07, 6.45) is 12.4. The lowest BCUT2D eigenvalue weighted by atomic mass is 10.1. The van der Waals surface area contributed by atoms with Crippen LogP contribution in [0.3, 0.4) is 0 Å². The van der Waals surface area contributed by atoms with E-state index in [1.807, 2.05) is 6.07 Å². The highest BCUT2D eigenvalue weighted by Crippen LogP contribution is 2.25. The summed E-state index contributed by atoms with van der Waals surface area (Å²) in [5, 5.41) is 0. The van der Waals surface area contributed by atoms with Crippen LogP contribution in [0.4, 0.5) is 0 Å². The molecule has 1 saturated carbocycles. The highest BCUT2D eigenvalue weighted by atomic mass is 16.5. The van der Waals surface area contributed by atoms with Crippen LogP contribution in [0, 0.1) is 5.92 Å². The monoisotopic (exact) mass is 244 g/mol. The second kappa shape index (κ2) is 7.25. The smallest absolute Gasteiger partial charge is 0.119 e. The Morgan fingerprint density at radius 3 is 2.89 bits per heavy atom. The third-order valence-electron chi connectivity index (χ3n) is 3.67. The predicted octanol–water partition coefficient (Wildman–Crippen LogP) is 4.76. The fraction of sp³-hybridized carbons (Fsp3) is 0.529. The minimum atomic E-state index is 0.788. The summed E-state index contributed by atoms with van der Waals surface area (Å²) in [4.78, 5) is 0. The molecule has 2 rings (SSSR count). The van der Waals surface area contributed by atoms with E-state index in [1.54, 1.807) is 0 Å². The Morgan fingerprint density at radius 2 is 2.11 bits per heavy atom. The maximum atomic E-state index is 5.76. The standard InChI is InChI=1S/C17H24O/c1-2-15-11-7-12-17(14-15)18-13-6-5-10-16-8-3-4-9-16/h5,7,10-12,14,16H,2-4,6,8-9,13H2,1H3/b10-5+. The van der Waals surface area contributed by atoms with Crippen molar-refractivity contribution >= 4 is 0 Å². The van der Waals surface area contributed by atoms with Crippen LogP contribution in [-0.2, 0) is 6.42 Å². The van der Waals surface area contributed by atoms with E-state index in [0.29, 0.717) is 0 Å². The Kier molecular flexibility index (Phi) is 5.32. The number of hydrogen-bond donors (Lipinski definition) is 0. The second-order valence-electron chi connectivity index (χ2n) is 5.11. The summed E-state index contributed by atoms with van der Waals surface area (Å²) in [6.45, 7) is 2.96. The zero-order valence-electron chi connectivity index (χ0n) is 11.4. The third-order valence-corrected chi connectivity index (χ3v) is 3.67. The predicted molar refractivity (Wildman–Crippen MR) is 77.0 cm³/mol. The van der Waals surface area contributed by atoms with Gasteiger partial charge in [0.05, 0.1) is 6.61 Å². The first-order chi connectivity index (χ1) is 8.88. The van der Waals surface area contributed by atoms with E-state index in [4.69, 9.17) is 4.74 Å². The van der Waals surface area contributed by atoms with Gasteiger partial charge in [-0.1, -0.05) is 44.1 Å². The van der Waals surface area contributed by atoms with Crippen molar-refractivity contribution in [3.05, 3.63) is 42.0 Å². The van der Waals surface area contributed by atoms with Gasteiger partial charge in [0.25, 0.3) is 0 Å². The van der Waals surface area contributed by atoms with E-state index in [-0.39, 0.29) is 0 Å². The molecule has 0 unspecified atom stereocenters. The van der Waals surface area contributed by atoms with Crippen LogP contribution in [0.25, 0.3) is 0 Å². The average Bonchev–Trinajstić information content (AvgIpc) is 2.92. The molecule has 1 aliphatic carbocycles. The van der Waals surface area contributed by atoms with E-state index in [0.717, 1.165) is 31.1 Å². The Morgan fingerprint density at radius 1 is 1.28 bits per heavy atom. The molecule has 0 amide bonds. The average molecular weight is 244 g/mol. The van der Waals surface area contributed by atoms with Crippen molar-refractivity contribution in [1.82, 2.24) is 0 Å². The van der Waals surface area contributed by atoms with Gasteiger partial charge in [0.1, 0.15) is 5.75 Å². The molecular formula is C17H24O. The molecule has 0 aliphatic heterocycles. The lowest BCUT2D eigenvalue weighted by Gasteiger charge is -2.06. The molecule has 98 valence electrons. The first-order valence-electron chi connectivity index (χ1n) is 7.27. The van der Waals surface area contributed by atoms with E-state index in [2.05, 4.69) is 37.3 Å². The fourth-order valence-electron chi connectivity index (χ4n) is 2.54. The molecule has 0 N–H and O–H groups in total. The van der Waals surface area contributed by atoms with Crippen molar-refractivity contribution in [3.8, 4) is 5.75 Å². The molecule has 1 fully saturated rings. The van der Waals surface area contributed by atoms with Gasteiger partial charge in [-0.2, -0.15) is 0 Å². The fourth-order valence-corrected chi connectivity index (χ4v) is 2.54. The molecule has 0 radical (unpaired) electrons. The molecule has 18 heavy (non-hydrogen) atoms. The van der Waals surface area contributed by atoms with Gasteiger partial charge in [-0.15, -0.1) is 0 Å². The number of hydrogen-bond acceptors (Lipinski definition) is 1. The van der Waals surface area contributed by atoms with Crippen LogP contribution in [-0.4, -0.2) is 6.61 Å². The molecular weight excluding hydrogens is 220 g/mol. The van der Waals surface area contributed by atoms with Crippen molar-refractivity contribution in [1.29, 1.82) is 0 Å². The maximum absolute atomic E-state index is 5.76. The molecule has 1 aromatic carbocycles. The zero-order chi connectivity index (χ0) is 12.6. The summed E-state index contributed by atoms with van der Waals surface area (Å²) in [6, 6.07) is 8.40. The summed E-state index contributed by atoms with van der Waals surface area (Å²) >= 11 is 0. The van der Waals surface area contributed by atoms with Gasteiger partial charge in [0.15, 0.2) is 0 Å². The molecule has 0 spiro atoms. The van der Waals surface area contributed by atoms with Gasteiger partial charge >= 0.3 is 0 Å². The van der Waals surface area contributed by atoms with Crippen molar-refractivity contribution in [2.45, 2.75) is 45.4 Å². The molecule has 0 heterocycles. The minimum absolute atomic E-state index is 0.788. The summed E-state index contributed by atoms with van der Waals surface area (Å²) < 4.78 is 5.76. The molecule has 1 nitrogen and oxygen atoms in total. The summed E-state index contributed by atoms with van der Waals surface area (Å²) in [7, 11) is 0. The number of rotatable bonds is 6. The second-order valence-corrected chi connectivity index (χ2v) is 5.11. The third kappa shape index (κ3) is 4.21. The molecule has 1 heteroatoms. The minimum Gasteiger partial charge on any atom is -0.493 e. The van der Waals surface area contributed by atoms with Gasteiger partial charge < -0.3 is 4.74 Å². The van der Waals surface area contributed by atoms with Crippen molar-refractivity contribution in [3.63, 3.8) is 0 Å². The van der Waals surface area contributed by atoms with Crippen molar-refractivity contribution in [2.24, 2.45) is 5.92 Å². The van der Waals surface area contributed by atoms with Crippen molar-refractivity contribution in [2.75, 3.05) is 6.61 Å². The van der Waals surface area contributed by atoms with Crippen LogP contribution in [0.5, 0.6) is 5.75 Å². The summed E-state index contributed by atoms with van der Waals surface area (Å²) in [5.41, 5.74) is 1.34. The molecule has 0 saturated heterocycles. The van der Waals surface area contributed by atoms with Gasteiger partial charge in [-0.25, -0.2) is 0 Å². The van der Waals surface area contributed by atoms with Crippen LogP contribution in [0.1, 0.15) is 44.6 Å². The Balaban J connectivity index is 1.68. The van der Waals surface area contributed by atoms with Crippen LogP contribution in [0.2, 0.25) is 0 Å². The highest BCUT2D eigenvalue weighted by molar-refractivity contribution is 5.28. The van der Waals surface area contributed by atoms with Crippen LogP contribution < -0.4 is 4.74 Å². The summed E-state index contributed by atoms with van der Waals surface area (Å²) in [5.74, 6) is 1.84. The van der Waals surface area contributed by atoms with E-state index >= 15 is 0 Å². The van der Waals surface area contributed by atoms with Crippen LogP contribution >= 0.6 is 0 Å². The van der Waals surface area contributed by atoms with Gasteiger partial charge in [-0.3, -0.25) is 0 Å². The molecule has 0 bridgehead atoms. The van der Waals surface area contributed by atoms with E-state index in [1.165, 1.54) is 31.2 Å². The molecule has 1 aromatic rings. The number of benzene rings is 1. The SMILES string of the molecule is CCc1cccc(OCC/C=C/C2CCCC2)c1. The van der Waals surface area contributed by atoms with E-state index in [9.17, 15) is 0 Å². The lowest BCUT2D eigenvalue weighted by molar-refractivity contribution is 0.324. The highest BCUT2D eigenvalue weighted by Gasteiger charge is 2.10. The molecule has 1 aliphatic rings. The normalized spacial score (nSPS) is 16.5. The number of aryl methyl sites for hydroxylation is 1. The quantitative estimate of drug-likeness (QED) is 0.517. The van der Waals surface area contributed by atoms with Crippen molar-refractivity contribution < 1.29 is 4.74 Å². The van der Waals surface area contributed by atoms with E-state index < -0.39 is 0 Å².